The molecule has 0 fully saturated rings. The fraction of sp³-hybridized carbons (Fsp3) is 0.385. The fourth-order valence-corrected chi connectivity index (χ4v) is 2.63. The molecule has 5 heteroatoms. The molecule has 96 valence electrons. The van der Waals surface area contributed by atoms with Crippen LogP contribution in [0.1, 0.15) is 35.5 Å². The summed E-state index contributed by atoms with van der Waals surface area (Å²) >= 11 is 1.57. The van der Waals surface area contributed by atoms with Gasteiger partial charge in [0.2, 0.25) is 0 Å². The van der Waals surface area contributed by atoms with Crippen LogP contribution in [0.2, 0.25) is 0 Å². The molecular weight excluding hydrogens is 249 g/mol. The first-order valence-corrected chi connectivity index (χ1v) is 6.80. The van der Waals surface area contributed by atoms with Crippen LogP contribution in [0.5, 0.6) is 0 Å². The lowest BCUT2D eigenvalue weighted by Crippen LogP contribution is -2.17. The van der Waals surface area contributed by atoms with E-state index in [2.05, 4.69) is 29.4 Å². The molecule has 0 aliphatic heterocycles. The van der Waals surface area contributed by atoms with Gasteiger partial charge in [-0.2, -0.15) is 0 Å². The number of halogens is 1. The normalized spacial score (nSPS) is 12.6. The van der Waals surface area contributed by atoms with Crippen molar-refractivity contribution in [2.45, 2.75) is 26.3 Å². The number of rotatable bonds is 5. The third kappa shape index (κ3) is 3.34. The maximum Gasteiger partial charge on any atom is 0.134 e. The van der Waals surface area contributed by atoms with Crippen LogP contribution in [-0.4, -0.2) is 16.7 Å². The highest BCUT2D eigenvalue weighted by Gasteiger charge is 2.11. The first kappa shape index (κ1) is 13.1. The Morgan fingerprint density at radius 1 is 1.39 bits per heavy atom. The highest BCUT2D eigenvalue weighted by Crippen LogP contribution is 2.20. The Bertz CT molecular complexity index is 512. The maximum absolute atomic E-state index is 13.1. The smallest absolute Gasteiger partial charge is 0.134 e. The van der Waals surface area contributed by atoms with Crippen LogP contribution in [0.25, 0.3) is 0 Å². The Morgan fingerprint density at radius 3 is 2.94 bits per heavy atom. The average molecular weight is 265 g/mol. The van der Waals surface area contributed by atoms with Gasteiger partial charge in [0, 0.05) is 6.42 Å². The minimum atomic E-state index is -0.210. The Labute approximate surface area is 110 Å². The van der Waals surface area contributed by atoms with E-state index in [1.807, 2.05) is 6.07 Å². The summed E-state index contributed by atoms with van der Waals surface area (Å²) in [4.78, 5) is 0. The standard InChI is InChI=1S/C13H16FN3S/c1-3-15-9(2)13-17-16-12(18-13)8-10-5-4-6-11(14)7-10/h4-7,9,15H,3,8H2,1-2H3. The number of benzene rings is 1. The van der Waals surface area contributed by atoms with Crippen molar-refractivity contribution in [1.82, 2.24) is 15.5 Å². The van der Waals surface area contributed by atoms with E-state index in [0.717, 1.165) is 22.1 Å². The van der Waals surface area contributed by atoms with Gasteiger partial charge < -0.3 is 5.32 Å². The van der Waals surface area contributed by atoms with Crippen molar-refractivity contribution >= 4 is 11.3 Å². The van der Waals surface area contributed by atoms with Gasteiger partial charge in [-0.1, -0.05) is 30.4 Å². The van der Waals surface area contributed by atoms with Crippen LogP contribution >= 0.6 is 11.3 Å². The van der Waals surface area contributed by atoms with E-state index in [-0.39, 0.29) is 11.9 Å². The van der Waals surface area contributed by atoms with E-state index in [1.54, 1.807) is 17.4 Å². The Morgan fingerprint density at radius 2 is 2.22 bits per heavy atom. The van der Waals surface area contributed by atoms with Gasteiger partial charge in [0.1, 0.15) is 15.8 Å². The van der Waals surface area contributed by atoms with Crippen molar-refractivity contribution in [1.29, 1.82) is 0 Å². The monoisotopic (exact) mass is 265 g/mol. The van der Waals surface area contributed by atoms with E-state index < -0.39 is 0 Å². The van der Waals surface area contributed by atoms with Gasteiger partial charge in [-0.3, -0.25) is 0 Å². The molecule has 1 unspecified atom stereocenters. The minimum Gasteiger partial charge on any atom is -0.308 e. The molecule has 1 aromatic heterocycles. The summed E-state index contributed by atoms with van der Waals surface area (Å²) < 4.78 is 13.1. The molecule has 0 saturated heterocycles. The van der Waals surface area contributed by atoms with Crippen LogP contribution < -0.4 is 5.32 Å². The molecule has 0 amide bonds. The Balaban J connectivity index is 2.06. The lowest BCUT2D eigenvalue weighted by atomic mass is 10.1. The molecule has 1 atom stereocenters. The van der Waals surface area contributed by atoms with E-state index in [4.69, 9.17) is 0 Å². The molecule has 0 radical (unpaired) electrons. The molecule has 2 aromatic rings. The maximum atomic E-state index is 13.1. The zero-order valence-corrected chi connectivity index (χ0v) is 11.3. The van der Waals surface area contributed by atoms with Crippen molar-refractivity contribution in [2.24, 2.45) is 0 Å². The summed E-state index contributed by atoms with van der Waals surface area (Å²) in [5, 5.41) is 13.5. The molecule has 0 aliphatic rings. The van der Waals surface area contributed by atoms with Gasteiger partial charge in [-0.15, -0.1) is 10.2 Å². The largest absolute Gasteiger partial charge is 0.308 e. The lowest BCUT2D eigenvalue weighted by molar-refractivity contribution is 0.589. The number of nitrogens with one attached hydrogen (secondary N) is 1. The van der Waals surface area contributed by atoms with Crippen LogP contribution in [-0.2, 0) is 6.42 Å². The number of aromatic nitrogens is 2. The van der Waals surface area contributed by atoms with Gasteiger partial charge in [0.25, 0.3) is 0 Å². The molecule has 1 aromatic carbocycles. The van der Waals surface area contributed by atoms with Crippen LogP contribution in [0.15, 0.2) is 24.3 Å². The summed E-state index contributed by atoms with van der Waals surface area (Å²) in [6.45, 7) is 5.03. The molecular formula is C13H16FN3S. The summed E-state index contributed by atoms with van der Waals surface area (Å²) in [7, 11) is 0. The van der Waals surface area contributed by atoms with Crippen LogP contribution in [0.3, 0.4) is 0 Å². The van der Waals surface area contributed by atoms with E-state index in [0.29, 0.717) is 6.42 Å². The average Bonchev–Trinajstić information content (AvgIpc) is 2.78. The topological polar surface area (TPSA) is 37.8 Å². The molecule has 1 heterocycles. The molecule has 2 rings (SSSR count). The van der Waals surface area contributed by atoms with Crippen molar-refractivity contribution in [3.05, 3.63) is 45.7 Å². The van der Waals surface area contributed by atoms with Crippen LogP contribution in [0, 0.1) is 5.82 Å². The van der Waals surface area contributed by atoms with Gasteiger partial charge in [-0.25, -0.2) is 4.39 Å². The molecule has 0 spiro atoms. The quantitative estimate of drug-likeness (QED) is 0.903. The third-order valence-corrected chi connectivity index (χ3v) is 3.71. The highest BCUT2D eigenvalue weighted by atomic mass is 32.1. The van der Waals surface area contributed by atoms with Crippen molar-refractivity contribution in [3.63, 3.8) is 0 Å². The minimum absolute atomic E-state index is 0.210. The van der Waals surface area contributed by atoms with Crippen molar-refractivity contribution in [3.8, 4) is 0 Å². The van der Waals surface area contributed by atoms with Gasteiger partial charge in [-0.05, 0) is 31.2 Å². The predicted octanol–water partition coefficient (Wildman–Crippen LogP) is 2.94. The highest BCUT2D eigenvalue weighted by molar-refractivity contribution is 7.11. The van der Waals surface area contributed by atoms with Crippen molar-refractivity contribution in [2.75, 3.05) is 6.54 Å². The van der Waals surface area contributed by atoms with Gasteiger partial charge in [0.05, 0.1) is 6.04 Å². The molecule has 1 N–H and O–H groups in total. The van der Waals surface area contributed by atoms with Crippen molar-refractivity contribution < 1.29 is 4.39 Å². The SMILES string of the molecule is CCNC(C)c1nnc(Cc2cccc(F)c2)s1. The summed E-state index contributed by atoms with van der Waals surface area (Å²) in [6, 6.07) is 6.82. The zero-order valence-electron chi connectivity index (χ0n) is 10.5. The van der Waals surface area contributed by atoms with Gasteiger partial charge >= 0.3 is 0 Å². The molecule has 18 heavy (non-hydrogen) atoms. The lowest BCUT2D eigenvalue weighted by Gasteiger charge is -2.06. The second-order valence-corrected chi connectivity index (χ2v) is 5.21. The van der Waals surface area contributed by atoms with Gasteiger partial charge in [0.15, 0.2) is 0 Å². The summed E-state index contributed by atoms with van der Waals surface area (Å²) in [5.74, 6) is -0.210. The number of hydrogen-bond donors (Lipinski definition) is 1. The Hall–Kier alpha value is -1.33. The number of nitrogens with zero attached hydrogens (tertiary/aromatic N) is 2. The predicted molar refractivity (Wildman–Crippen MR) is 71.2 cm³/mol. The number of hydrogen-bond acceptors (Lipinski definition) is 4. The summed E-state index contributed by atoms with van der Waals surface area (Å²) in [5.41, 5.74) is 0.925. The first-order chi connectivity index (χ1) is 8.69. The molecule has 0 bridgehead atoms. The van der Waals surface area contributed by atoms with E-state index in [9.17, 15) is 4.39 Å². The zero-order chi connectivity index (χ0) is 13.0. The molecule has 0 aliphatic carbocycles. The first-order valence-electron chi connectivity index (χ1n) is 5.99. The second-order valence-electron chi connectivity index (χ2n) is 4.12. The summed E-state index contributed by atoms with van der Waals surface area (Å²) in [6.07, 6.45) is 0.633. The van der Waals surface area contributed by atoms with E-state index in [1.165, 1.54) is 12.1 Å². The Kier molecular flexibility index (Phi) is 4.38. The molecule has 3 nitrogen and oxygen atoms in total. The second kappa shape index (κ2) is 6.02. The van der Waals surface area contributed by atoms with E-state index >= 15 is 0 Å². The fourth-order valence-electron chi connectivity index (χ4n) is 1.73. The molecule has 0 saturated carbocycles. The third-order valence-electron chi connectivity index (χ3n) is 2.61. The van der Waals surface area contributed by atoms with Crippen LogP contribution in [0.4, 0.5) is 4.39 Å².